The second kappa shape index (κ2) is 7.56. The number of aromatic nitrogens is 2. The Hall–Kier alpha value is -2.61. The number of carbonyl (C=O) groups excluding carboxylic acids is 1. The monoisotopic (exact) mass is 374 g/mol. The molecule has 4 rings (SSSR count). The second-order valence-electron chi connectivity index (χ2n) is 6.83. The fraction of sp³-hybridized carbons (Fsp3) is 0.421. The summed E-state index contributed by atoms with van der Waals surface area (Å²) in [5.74, 6) is -0.752. The second-order valence-corrected chi connectivity index (χ2v) is 6.83. The van der Waals surface area contributed by atoms with Gasteiger partial charge in [-0.05, 0) is 36.6 Å². The Kier molecular flexibility index (Phi) is 4.98. The van der Waals surface area contributed by atoms with E-state index in [4.69, 9.17) is 4.84 Å². The number of hydrogen-bond donors (Lipinski definition) is 0. The van der Waals surface area contributed by atoms with Crippen molar-refractivity contribution in [1.29, 1.82) is 0 Å². The molecule has 1 aromatic carbocycles. The third kappa shape index (κ3) is 3.75. The summed E-state index contributed by atoms with van der Waals surface area (Å²) in [5.41, 5.74) is 0.428. The summed E-state index contributed by atoms with van der Waals surface area (Å²) >= 11 is 0. The van der Waals surface area contributed by atoms with Crippen LogP contribution < -0.4 is 4.90 Å². The van der Waals surface area contributed by atoms with Gasteiger partial charge in [0.25, 0.3) is 0 Å². The SMILES string of the molecule is O=C(C1CCN(c2ccncn2)CC1)N1OCCC1c1cc(F)cc(F)c1. The van der Waals surface area contributed by atoms with Crippen molar-refractivity contribution < 1.29 is 18.4 Å². The number of hydrogen-bond acceptors (Lipinski definition) is 5. The van der Waals surface area contributed by atoms with Gasteiger partial charge in [0.1, 0.15) is 23.8 Å². The van der Waals surface area contributed by atoms with E-state index in [2.05, 4.69) is 14.9 Å². The number of hydroxylamine groups is 2. The molecule has 2 aliphatic heterocycles. The summed E-state index contributed by atoms with van der Waals surface area (Å²) in [7, 11) is 0. The Balaban J connectivity index is 1.43. The van der Waals surface area contributed by atoms with Crippen LogP contribution in [0.15, 0.2) is 36.8 Å². The summed E-state index contributed by atoms with van der Waals surface area (Å²) in [6.45, 7) is 1.77. The van der Waals surface area contributed by atoms with Crippen molar-refractivity contribution in [1.82, 2.24) is 15.0 Å². The molecule has 1 aromatic heterocycles. The van der Waals surface area contributed by atoms with Gasteiger partial charge in [0, 0.05) is 37.7 Å². The third-order valence-electron chi connectivity index (χ3n) is 5.13. The molecule has 0 spiro atoms. The van der Waals surface area contributed by atoms with E-state index >= 15 is 0 Å². The van der Waals surface area contributed by atoms with Gasteiger partial charge in [-0.2, -0.15) is 0 Å². The van der Waals surface area contributed by atoms with Crippen LogP contribution in [0.4, 0.5) is 14.6 Å². The Morgan fingerprint density at radius 3 is 2.52 bits per heavy atom. The average molecular weight is 374 g/mol. The minimum absolute atomic E-state index is 0.121. The van der Waals surface area contributed by atoms with E-state index in [0.717, 1.165) is 11.9 Å². The molecule has 2 fully saturated rings. The van der Waals surface area contributed by atoms with E-state index < -0.39 is 17.7 Å². The van der Waals surface area contributed by atoms with Gasteiger partial charge < -0.3 is 4.90 Å². The Labute approximate surface area is 155 Å². The molecule has 0 bridgehead atoms. The van der Waals surface area contributed by atoms with Gasteiger partial charge in [-0.3, -0.25) is 9.63 Å². The van der Waals surface area contributed by atoms with E-state index in [-0.39, 0.29) is 11.8 Å². The molecule has 0 saturated carbocycles. The van der Waals surface area contributed by atoms with E-state index in [1.54, 1.807) is 6.20 Å². The molecule has 1 unspecified atom stereocenters. The van der Waals surface area contributed by atoms with Gasteiger partial charge in [0.15, 0.2) is 0 Å². The average Bonchev–Trinajstić information content (AvgIpc) is 3.17. The van der Waals surface area contributed by atoms with Crippen molar-refractivity contribution in [2.45, 2.75) is 25.3 Å². The number of rotatable bonds is 3. The minimum Gasteiger partial charge on any atom is -0.356 e. The molecule has 0 aliphatic carbocycles. The molecule has 142 valence electrons. The fourth-order valence-corrected chi connectivity index (χ4v) is 3.76. The number of anilines is 1. The van der Waals surface area contributed by atoms with Crippen molar-refractivity contribution in [3.63, 3.8) is 0 Å². The number of benzene rings is 1. The van der Waals surface area contributed by atoms with Gasteiger partial charge in [-0.15, -0.1) is 0 Å². The predicted molar refractivity (Wildman–Crippen MR) is 93.5 cm³/mol. The number of amides is 1. The van der Waals surface area contributed by atoms with Crippen LogP contribution in [0.3, 0.4) is 0 Å². The number of piperidine rings is 1. The molecule has 2 aliphatic rings. The van der Waals surface area contributed by atoms with E-state index in [1.165, 1.54) is 23.5 Å². The maximum Gasteiger partial charge on any atom is 0.249 e. The lowest BCUT2D eigenvalue weighted by molar-refractivity contribution is -0.182. The van der Waals surface area contributed by atoms with Crippen LogP contribution in [0.25, 0.3) is 0 Å². The zero-order valence-electron chi connectivity index (χ0n) is 14.7. The molecule has 2 aromatic rings. The lowest BCUT2D eigenvalue weighted by Crippen LogP contribution is -2.42. The molecule has 0 N–H and O–H groups in total. The number of halogens is 2. The largest absolute Gasteiger partial charge is 0.356 e. The Morgan fingerprint density at radius 1 is 1.11 bits per heavy atom. The van der Waals surface area contributed by atoms with Crippen LogP contribution in [0.2, 0.25) is 0 Å². The first kappa shape index (κ1) is 17.8. The third-order valence-corrected chi connectivity index (χ3v) is 5.13. The van der Waals surface area contributed by atoms with Crippen molar-refractivity contribution in [3.8, 4) is 0 Å². The van der Waals surface area contributed by atoms with Crippen molar-refractivity contribution in [3.05, 3.63) is 54.0 Å². The molecule has 6 nitrogen and oxygen atoms in total. The van der Waals surface area contributed by atoms with Gasteiger partial charge in [0.05, 0.1) is 12.6 Å². The standard InChI is InChI=1S/C19H20F2N4O2/c20-15-9-14(10-16(21)11-15)17-4-8-27-25(17)19(26)13-2-6-24(7-3-13)18-1-5-22-12-23-18/h1,5,9-13,17H,2-4,6-8H2. The summed E-state index contributed by atoms with van der Waals surface area (Å²) in [5, 5.41) is 1.32. The predicted octanol–water partition coefficient (Wildman–Crippen LogP) is 2.88. The van der Waals surface area contributed by atoms with Crippen LogP contribution in [0.1, 0.15) is 30.9 Å². The topological polar surface area (TPSA) is 58.6 Å². The molecule has 27 heavy (non-hydrogen) atoms. The normalized spacial score (nSPS) is 20.9. The quantitative estimate of drug-likeness (QED) is 0.827. The van der Waals surface area contributed by atoms with E-state index in [9.17, 15) is 13.6 Å². The van der Waals surface area contributed by atoms with Crippen molar-refractivity contribution in [2.24, 2.45) is 5.92 Å². The lowest BCUT2D eigenvalue weighted by atomic mass is 9.94. The molecule has 1 atom stereocenters. The molecule has 1 amide bonds. The maximum absolute atomic E-state index is 13.6. The van der Waals surface area contributed by atoms with Crippen LogP contribution in [-0.4, -0.2) is 40.6 Å². The highest BCUT2D eigenvalue weighted by Crippen LogP contribution is 2.34. The summed E-state index contributed by atoms with van der Waals surface area (Å²) in [6, 6.07) is 4.75. The molecule has 3 heterocycles. The van der Waals surface area contributed by atoms with Gasteiger partial charge in [0.2, 0.25) is 5.91 Å². The van der Waals surface area contributed by atoms with E-state index in [1.807, 2.05) is 6.07 Å². The van der Waals surface area contributed by atoms with Crippen molar-refractivity contribution in [2.75, 3.05) is 24.6 Å². The molecular weight excluding hydrogens is 354 g/mol. The first-order valence-corrected chi connectivity index (χ1v) is 9.05. The Bertz CT molecular complexity index is 792. The number of nitrogens with zero attached hydrogens (tertiary/aromatic N) is 4. The fourth-order valence-electron chi connectivity index (χ4n) is 3.76. The highest BCUT2D eigenvalue weighted by Gasteiger charge is 2.37. The first-order valence-electron chi connectivity index (χ1n) is 9.05. The van der Waals surface area contributed by atoms with Crippen molar-refractivity contribution >= 4 is 11.7 Å². The minimum atomic E-state index is -0.651. The lowest BCUT2D eigenvalue weighted by Gasteiger charge is -2.34. The highest BCUT2D eigenvalue weighted by atomic mass is 19.1. The molecular formula is C19H20F2N4O2. The van der Waals surface area contributed by atoms with Crippen LogP contribution in [0, 0.1) is 17.6 Å². The highest BCUT2D eigenvalue weighted by molar-refractivity contribution is 5.79. The van der Waals surface area contributed by atoms with Gasteiger partial charge in [-0.1, -0.05) is 0 Å². The number of carbonyl (C=O) groups is 1. The summed E-state index contributed by atoms with van der Waals surface area (Å²) < 4.78 is 27.1. The first-order chi connectivity index (χ1) is 13.1. The van der Waals surface area contributed by atoms with E-state index in [0.29, 0.717) is 44.5 Å². The van der Waals surface area contributed by atoms with Crippen LogP contribution in [-0.2, 0) is 9.63 Å². The summed E-state index contributed by atoms with van der Waals surface area (Å²) in [4.78, 5) is 28.8. The zero-order chi connectivity index (χ0) is 18.8. The smallest absolute Gasteiger partial charge is 0.249 e. The summed E-state index contributed by atoms with van der Waals surface area (Å²) in [6.07, 6.45) is 5.07. The van der Waals surface area contributed by atoms with Gasteiger partial charge >= 0.3 is 0 Å². The van der Waals surface area contributed by atoms with Gasteiger partial charge in [-0.25, -0.2) is 23.8 Å². The maximum atomic E-state index is 13.6. The molecule has 2 saturated heterocycles. The van der Waals surface area contributed by atoms with Crippen LogP contribution in [0.5, 0.6) is 0 Å². The zero-order valence-corrected chi connectivity index (χ0v) is 14.7. The van der Waals surface area contributed by atoms with Crippen LogP contribution >= 0.6 is 0 Å². The molecule has 8 heteroatoms. The Morgan fingerprint density at radius 2 is 1.85 bits per heavy atom. The molecule has 0 radical (unpaired) electrons.